The van der Waals surface area contributed by atoms with Crippen molar-refractivity contribution in [1.82, 2.24) is 20.1 Å². The second-order valence-electron chi connectivity index (χ2n) is 6.38. The molecule has 1 aromatic carbocycles. The van der Waals surface area contributed by atoms with Crippen LogP contribution in [0.5, 0.6) is 5.75 Å². The Labute approximate surface area is 146 Å². The summed E-state index contributed by atoms with van der Waals surface area (Å²) >= 11 is 0. The van der Waals surface area contributed by atoms with Crippen molar-refractivity contribution in [2.75, 3.05) is 0 Å². The summed E-state index contributed by atoms with van der Waals surface area (Å²) in [5.41, 5.74) is 0. The van der Waals surface area contributed by atoms with E-state index in [9.17, 15) is 9.18 Å². The number of benzene rings is 1. The zero-order valence-electron chi connectivity index (χ0n) is 14.5. The van der Waals surface area contributed by atoms with Gasteiger partial charge in [0.2, 0.25) is 0 Å². The topological polar surface area (TPSA) is 69.0 Å². The van der Waals surface area contributed by atoms with E-state index in [1.54, 1.807) is 19.1 Å². The first-order chi connectivity index (χ1) is 12.0. The highest BCUT2D eigenvalue weighted by atomic mass is 19.1. The van der Waals surface area contributed by atoms with E-state index < -0.39 is 11.9 Å². The van der Waals surface area contributed by atoms with Gasteiger partial charge in [-0.05, 0) is 38.8 Å². The highest BCUT2D eigenvalue weighted by molar-refractivity contribution is 5.81. The Bertz CT molecular complexity index is 746. The molecule has 0 saturated heterocycles. The van der Waals surface area contributed by atoms with Gasteiger partial charge in [0.05, 0.1) is 6.04 Å². The van der Waals surface area contributed by atoms with Crippen LogP contribution in [0.25, 0.3) is 0 Å². The molecule has 1 N–H and O–H groups in total. The van der Waals surface area contributed by atoms with Crippen molar-refractivity contribution in [2.45, 2.75) is 58.2 Å². The molecule has 1 amide bonds. The molecule has 2 atom stereocenters. The number of amides is 1. The van der Waals surface area contributed by atoms with Crippen molar-refractivity contribution in [1.29, 1.82) is 0 Å². The highest BCUT2D eigenvalue weighted by Gasteiger charge is 2.23. The SMILES string of the molecule is C[C@H](NC(=O)[C@@H](C)Oc1cccc(F)c1)c1nnc2n1CCCCC2. The first-order valence-electron chi connectivity index (χ1n) is 8.69. The van der Waals surface area contributed by atoms with Crippen molar-refractivity contribution in [3.8, 4) is 5.75 Å². The van der Waals surface area contributed by atoms with Gasteiger partial charge in [-0.15, -0.1) is 10.2 Å². The average molecular weight is 346 g/mol. The number of nitrogens with zero attached hydrogens (tertiary/aromatic N) is 3. The number of halogens is 1. The molecule has 1 aliphatic heterocycles. The van der Waals surface area contributed by atoms with Gasteiger partial charge in [-0.2, -0.15) is 0 Å². The summed E-state index contributed by atoms with van der Waals surface area (Å²) in [5.74, 6) is 1.40. The Morgan fingerprint density at radius 2 is 2.12 bits per heavy atom. The molecule has 0 radical (unpaired) electrons. The number of hydrogen-bond donors (Lipinski definition) is 1. The third-order valence-corrected chi connectivity index (χ3v) is 4.36. The van der Waals surface area contributed by atoms with Gasteiger partial charge in [-0.25, -0.2) is 4.39 Å². The number of carbonyl (C=O) groups is 1. The van der Waals surface area contributed by atoms with Crippen LogP contribution < -0.4 is 10.1 Å². The molecule has 1 aliphatic rings. The van der Waals surface area contributed by atoms with E-state index in [0.717, 1.165) is 37.5 Å². The van der Waals surface area contributed by atoms with Gasteiger partial charge in [-0.1, -0.05) is 12.5 Å². The lowest BCUT2D eigenvalue weighted by Gasteiger charge is -2.19. The van der Waals surface area contributed by atoms with Crippen LogP contribution in [0.4, 0.5) is 4.39 Å². The van der Waals surface area contributed by atoms with Crippen LogP contribution in [0.1, 0.15) is 50.8 Å². The third-order valence-electron chi connectivity index (χ3n) is 4.36. The fraction of sp³-hybridized carbons (Fsp3) is 0.500. The molecule has 0 aliphatic carbocycles. The van der Waals surface area contributed by atoms with E-state index in [1.165, 1.54) is 18.6 Å². The van der Waals surface area contributed by atoms with Crippen molar-refractivity contribution >= 4 is 5.91 Å². The smallest absolute Gasteiger partial charge is 0.261 e. The van der Waals surface area contributed by atoms with Crippen LogP contribution in [-0.2, 0) is 17.8 Å². The number of rotatable bonds is 5. The summed E-state index contributed by atoms with van der Waals surface area (Å²) in [5, 5.41) is 11.4. The summed E-state index contributed by atoms with van der Waals surface area (Å²) in [4.78, 5) is 12.4. The molecule has 0 fully saturated rings. The molecule has 6 nitrogen and oxygen atoms in total. The van der Waals surface area contributed by atoms with Gasteiger partial charge in [0.25, 0.3) is 5.91 Å². The van der Waals surface area contributed by atoms with E-state index in [-0.39, 0.29) is 11.9 Å². The molecule has 134 valence electrons. The normalized spacial score (nSPS) is 16.4. The van der Waals surface area contributed by atoms with Crippen LogP contribution in [0.3, 0.4) is 0 Å². The van der Waals surface area contributed by atoms with Gasteiger partial charge < -0.3 is 14.6 Å². The van der Waals surface area contributed by atoms with Crippen LogP contribution in [0.2, 0.25) is 0 Å². The van der Waals surface area contributed by atoms with E-state index in [4.69, 9.17) is 4.74 Å². The van der Waals surface area contributed by atoms with Crippen LogP contribution in [-0.4, -0.2) is 26.8 Å². The summed E-state index contributed by atoms with van der Waals surface area (Å²) < 4.78 is 20.8. The number of carbonyl (C=O) groups excluding carboxylic acids is 1. The molecule has 0 spiro atoms. The number of ether oxygens (including phenoxy) is 1. The van der Waals surface area contributed by atoms with Gasteiger partial charge in [-0.3, -0.25) is 4.79 Å². The van der Waals surface area contributed by atoms with Gasteiger partial charge >= 0.3 is 0 Å². The van der Waals surface area contributed by atoms with E-state index in [2.05, 4.69) is 20.1 Å². The number of hydrogen-bond acceptors (Lipinski definition) is 4. The Balaban J connectivity index is 1.63. The second kappa shape index (κ2) is 7.63. The third kappa shape index (κ3) is 4.15. The maximum atomic E-state index is 13.2. The molecule has 0 bridgehead atoms. The summed E-state index contributed by atoms with van der Waals surface area (Å²) in [7, 11) is 0. The predicted molar refractivity (Wildman–Crippen MR) is 90.6 cm³/mol. The molecule has 0 unspecified atom stereocenters. The van der Waals surface area contributed by atoms with Crippen molar-refractivity contribution in [3.05, 3.63) is 41.7 Å². The van der Waals surface area contributed by atoms with Crippen LogP contribution in [0, 0.1) is 5.82 Å². The van der Waals surface area contributed by atoms with Crippen molar-refractivity contribution in [2.24, 2.45) is 0 Å². The Morgan fingerprint density at radius 3 is 2.92 bits per heavy atom. The number of fused-ring (bicyclic) bond motifs is 1. The van der Waals surface area contributed by atoms with E-state index >= 15 is 0 Å². The van der Waals surface area contributed by atoms with Gasteiger partial charge in [0, 0.05) is 19.0 Å². The fourth-order valence-electron chi connectivity index (χ4n) is 3.02. The molecule has 25 heavy (non-hydrogen) atoms. The van der Waals surface area contributed by atoms with Crippen LogP contribution in [0.15, 0.2) is 24.3 Å². The molecule has 3 rings (SSSR count). The number of nitrogens with one attached hydrogen (secondary N) is 1. The first-order valence-corrected chi connectivity index (χ1v) is 8.69. The first kappa shape index (κ1) is 17.4. The standard InChI is InChI=1S/C18H23FN4O2/c1-12(17-22-21-16-9-4-3-5-10-23(16)17)20-18(24)13(2)25-15-8-6-7-14(19)11-15/h6-8,11-13H,3-5,9-10H2,1-2H3,(H,20,24)/t12-,13+/m0/s1. The molecule has 2 aromatic rings. The van der Waals surface area contributed by atoms with Crippen molar-refractivity contribution < 1.29 is 13.9 Å². The minimum Gasteiger partial charge on any atom is -0.481 e. The quantitative estimate of drug-likeness (QED) is 0.904. The zero-order chi connectivity index (χ0) is 17.8. The van der Waals surface area contributed by atoms with Gasteiger partial charge in [0.15, 0.2) is 11.9 Å². The largest absolute Gasteiger partial charge is 0.481 e. The van der Waals surface area contributed by atoms with E-state index in [1.807, 2.05) is 6.92 Å². The Morgan fingerprint density at radius 1 is 1.28 bits per heavy atom. The highest BCUT2D eigenvalue weighted by Crippen LogP contribution is 2.19. The lowest BCUT2D eigenvalue weighted by atomic mass is 10.2. The molecular formula is C18H23FN4O2. The van der Waals surface area contributed by atoms with E-state index in [0.29, 0.717) is 5.75 Å². The lowest BCUT2D eigenvalue weighted by Crippen LogP contribution is -2.38. The number of aryl methyl sites for hydroxylation is 1. The zero-order valence-corrected chi connectivity index (χ0v) is 14.5. The molecule has 0 saturated carbocycles. The fourth-order valence-corrected chi connectivity index (χ4v) is 3.02. The van der Waals surface area contributed by atoms with Crippen molar-refractivity contribution in [3.63, 3.8) is 0 Å². The Kier molecular flexibility index (Phi) is 5.31. The Hall–Kier alpha value is -2.44. The van der Waals surface area contributed by atoms with Gasteiger partial charge in [0.1, 0.15) is 17.4 Å². The summed E-state index contributed by atoms with van der Waals surface area (Å²) in [6.45, 7) is 4.40. The lowest BCUT2D eigenvalue weighted by molar-refractivity contribution is -0.128. The molecular weight excluding hydrogens is 323 g/mol. The maximum Gasteiger partial charge on any atom is 0.261 e. The molecule has 1 aromatic heterocycles. The predicted octanol–water partition coefficient (Wildman–Crippen LogP) is 2.79. The molecule has 2 heterocycles. The summed E-state index contributed by atoms with van der Waals surface area (Å²) in [6, 6.07) is 5.48. The monoisotopic (exact) mass is 346 g/mol. The molecule has 7 heteroatoms. The minimum absolute atomic E-state index is 0.273. The summed E-state index contributed by atoms with van der Waals surface area (Å²) in [6.07, 6.45) is 3.58. The minimum atomic E-state index is -0.740. The average Bonchev–Trinajstić information content (AvgIpc) is 2.83. The second-order valence-corrected chi connectivity index (χ2v) is 6.38. The van der Waals surface area contributed by atoms with Crippen LogP contribution >= 0.6 is 0 Å². The maximum absolute atomic E-state index is 13.2. The number of aromatic nitrogens is 3.